The number of nitrogens with two attached hydrogens (primary N) is 1. The number of fused-ring (bicyclic) bond motifs is 7. The first-order valence-corrected chi connectivity index (χ1v) is 33.5. The number of piperidine rings is 1. The van der Waals surface area contributed by atoms with Gasteiger partial charge in [-0.1, -0.05) is 19.1 Å². The van der Waals surface area contributed by atoms with E-state index in [9.17, 15) is 65.9 Å². The van der Waals surface area contributed by atoms with Crippen LogP contribution in [0.1, 0.15) is 120 Å². The molecule has 1 aliphatic carbocycles. The maximum absolute atomic E-state index is 15.2. The molecule has 29 heteroatoms. The monoisotopic (exact) mass is 1270 g/mol. The van der Waals surface area contributed by atoms with E-state index in [1.54, 1.807) is 23.1 Å². The highest BCUT2D eigenvalue weighted by molar-refractivity contribution is 7.91. The number of benzene rings is 3. The molecular formula is C60H72N11O16PS. The van der Waals surface area contributed by atoms with Crippen LogP contribution in [0.5, 0.6) is 5.75 Å². The number of rotatable bonds is 18. The van der Waals surface area contributed by atoms with Crippen molar-refractivity contribution in [3.63, 3.8) is 0 Å². The van der Waals surface area contributed by atoms with Crippen LogP contribution in [0.25, 0.3) is 10.9 Å². The number of nitrogens with one attached hydrogen (secondary N) is 5. The van der Waals surface area contributed by atoms with Gasteiger partial charge in [-0.3, -0.25) is 62.7 Å². The number of piperazine rings is 1. The van der Waals surface area contributed by atoms with Crippen LogP contribution >= 0.6 is 7.60 Å². The lowest BCUT2D eigenvalue weighted by molar-refractivity contribution is -0.147. The number of sulfone groups is 1. The maximum Gasteiger partial charge on any atom is 0.396 e. The molecule has 6 aliphatic heterocycles. The lowest BCUT2D eigenvalue weighted by atomic mass is 9.80. The van der Waals surface area contributed by atoms with Gasteiger partial charge in [-0.25, -0.2) is 8.42 Å². The fourth-order valence-electron chi connectivity index (χ4n) is 13.8. The molecule has 474 valence electrons. The van der Waals surface area contributed by atoms with E-state index in [0.29, 0.717) is 60.6 Å². The first-order valence-electron chi connectivity index (χ1n) is 30.2. The number of aromatic amines is 1. The number of nitrogens with zero attached hydrogens (tertiary/aromatic N) is 5. The smallest absolute Gasteiger partial charge is 0.396 e. The van der Waals surface area contributed by atoms with Gasteiger partial charge < -0.3 is 60.8 Å². The number of imide groups is 1. The van der Waals surface area contributed by atoms with Gasteiger partial charge in [0.15, 0.2) is 9.84 Å². The summed E-state index contributed by atoms with van der Waals surface area (Å²) < 4.78 is 43.0. The van der Waals surface area contributed by atoms with Crippen LogP contribution in [0.3, 0.4) is 0 Å². The molecule has 11 rings (SSSR count). The van der Waals surface area contributed by atoms with E-state index in [2.05, 4.69) is 36.1 Å². The van der Waals surface area contributed by atoms with E-state index in [-0.39, 0.29) is 115 Å². The van der Waals surface area contributed by atoms with Crippen molar-refractivity contribution in [2.45, 2.75) is 132 Å². The van der Waals surface area contributed by atoms with Gasteiger partial charge in [0, 0.05) is 98.2 Å². The third kappa shape index (κ3) is 13.2. The molecule has 0 unspecified atom stereocenters. The molecule has 6 atom stereocenters. The molecule has 0 radical (unpaired) electrons. The fourth-order valence-corrected chi connectivity index (χ4v) is 15.1. The van der Waals surface area contributed by atoms with Crippen LogP contribution in [-0.2, 0) is 61.1 Å². The van der Waals surface area contributed by atoms with Crippen LogP contribution in [0.15, 0.2) is 65.6 Å². The van der Waals surface area contributed by atoms with Crippen molar-refractivity contribution in [1.82, 2.24) is 45.9 Å². The molecule has 9 amide bonds. The van der Waals surface area contributed by atoms with E-state index in [4.69, 9.17) is 10.5 Å². The molecule has 3 aromatic carbocycles. The Labute approximate surface area is 512 Å². The summed E-state index contributed by atoms with van der Waals surface area (Å²) in [5, 5.41) is 10.9. The predicted octanol–water partition coefficient (Wildman–Crippen LogP) is 1.19. The van der Waals surface area contributed by atoms with E-state index in [1.807, 2.05) is 6.07 Å². The number of carbonyl (C=O) groups is 10. The molecule has 4 saturated heterocycles. The Bertz CT molecular complexity index is 3720. The first kappa shape index (κ1) is 62.6. The van der Waals surface area contributed by atoms with Crippen LogP contribution in [0, 0.1) is 11.8 Å². The summed E-state index contributed by atoms with van der Waals surface area (Å²) in [5.74, 6) is -4.34. The summed E-state index contributed by atoms with van der Waals surface area (Å²) in [5.41, 5.74) is 6.74. The number of anilines is 1. The maximum atomic E-state index is 15.2. The van der Waals surface area contributed by atoms with Crippen LogP contribution in [0.2, 0.25) is 0 Å². The second kappa shape index (κ2) is 25.4. The minimum atomic E-state index is -5.14. The van der Waals surface area contributed by atoms with Gasteiger partial charge in [-0.15, -0.1) is 0 Å². The Morgan fingerprint density at radius 3 is 2.34 bits per heavy atom. The van der Waals surface area contributed by atoms with Gasteiger partial charge >= 0.3 is 7.60 Å². The average molecular weight is 1270 g/mol. The summed E-state index contributed by atoms with van der Waals surface area (Å²) >= 11 is 0. The molecule has 7 aliphatic rings. The molecule has 0 bridgehead atoms. The summed E-state index contributed by atoms with van der Waals surface area (Å²) in [7, 11) is -8.62. The SMILES string of the molecule is CCS(=O)(=O)c1ccc(CNC(=O)[C@H](CCC(N)=O)NC(=O)[C@@H]2CC[C@@H]3CCN(C(=O)C4CCC(CN5CCN6c7ccc8c(c7OC[C@H]6C5)CN([C@H]5CCC(=O)NC5=O)C8=O)CC4)C[C@H](NC(=O)c4cc5cc(C(=O)P(=O)(O)O)ccc5[nH]4)C(=O)N32)cc1. The summed E-state index contributed by atoms with van der Waals surface area (Å²) in [6.45, 7) is 5.06. The second-order valence-corrected chi connectivity index (χ2v) is 28.0. The molecule has 1 aromatic heterocycles. The summed E-state index contributed by atoms with van der Waals surface area (Å²) in [6.07, 6.45) is 3.45. The molecule has 27 nitrogen and oxygen atoms in total. The lowest BCUT2D eigenvalue weighted by Crippen LogP contribution is -2.62. The van der Waals surface area contributed by atoms with Gasteiger partial charge in [0.1, 0.15) is 42.2 Å². The van der Waals surface area contributed by atoms with Crippen molar-refractivity contribution in [2.24, 2.45) is 17.6 Å². The van der Waals surface area contributed by atoms with Crippen LogP contribution in [0.4, 0.5) is 5.69 Å². The molecular weight excluding hydrogens is 1190 g/mol. The normalized spacial score (nSPS) is 24.3. The van der Waals surface area contributed by atoms with Crippen molar-refractivity contribution in [2.75, 3.05) is 56.5 Å². The number of hydrogen-bond donors (Lipinski definition) is 8. The molecule has 0 spiro atoms. The zero-order valence-electron chi connectivity index (χ0n) is 49.0. The quantitative estimate of drug-likeness (QED) is 0.0512. The van der Waals surface area contributed by atoms with Gasteiger partial charge in [-0.2, -0.15) is 0 Å². The third-order valence-corrected chi connectivity index (χ3v) is 21.1. The highest BCUT2D eigenvalue weighted by Gasteiger charge is 2.48. The van der Waals surface area contributed by atoms with E-state index < -0.39 is 88.6 Å². The first-order chi connectivity index (χ1) is 42.4. The van der Waals surface area contributed by atoms with Crippen LogP contribution in [-0.4, -0.2) is 189 Å². The Balaban J connectivity index is 0.747. The molecule has 4 aromatic rings. The zero-order valence-corrected chi connectivity index (χ0v) is 50.7. The number of hydrogen-bond acceptors (Lipinski definition) is 16. The molecule has 5 fully saturated rings. The number of amides is 9. The van der Waals surface area contributed by atoms with E-state index in [1.165, 1.54) is 53.1 Å². The van der Waals surface area contributed by atoms with Gasteiger partial charge in [0.05, 0.1) is 28.9 Å². The van der Waals surface area contributed by atoms with Crippen molar-refractivity contribution in [3.8, 4) is 5.75 Å². The Morgan fingerprint density at radius 2 is 1.62 bits per heavy atom. The Morgan fingerprint density at radius 1 is 0.854 bits per heavy atom. The van der Waals surface area contributed by atoms with Crippen LogP contribution < -0.4 is 36.6 Å². The summed E-state index contributed by atoms with van der Waals surface area (Å²) in [6, 6.07) is 9.71. The van der Waals surface area contributed by atoms with Crippen molar-refractivity contribution >= 4 is 92.7 Å². The lowest BCUT2D eigenvalue weighted by Gasteiger charge is -2.47. The van der Waals surface area contributed by atoms with Gasteiger partial charge in [0.2, 0.25) is 41.4 Å². The molecule has 7 heterocycles. The number of primary amides is 1. The van der Waals surface area contributed by atoms with E-state index >= 15 is 4.79 Å². The number of H-pyrrole nitrogens is 1. The average Bonchev–Trinajstić information content (AvgIpc) is 1.70. The van der Waals surface area contributed by atoms with E-state index in [0.717, 1.165) is 50.3 Å². The fraction of sp³-hybridized carbons (Fsp3) is 0.500. The zero-order chi connectivity index (χ0) is 63.2. The minimum absolute atomic E-state index is 0.0459. The standard InChI is InChI=1S/C60H72N11O16PS/c1-2-89(85,86)40-11-5-33(6-12-40)27-62-53(74)44(15-19-50(61)72)64-56(77)49-16-10-38-21-22-68(31-46(59(80)71(38)49)65-54(75)45-26-37-25-36(9-14-43(37)63-45)60(81)88(82,83)84)57(78)35-7-3-34(4-8-35)28-67-23-24-69-39(29-67)32-87-52-42-30-70(48-18-20-51(73)66-55(48)76)58(79)41(42)13-17-47(52)69/h5-6,9,11-14,17,25-26,34-35,38-39,44,46,48-49,63H,2-4,7-8,10,15-16,18-24,27-32H2,1H3,(H2,61,72)(H,62,74)(H,64,77)(H,65,75)(H,66,73,76)(H2,82,83,84)/t34?,35?,38-,39-,44+,46+,48+,49+/m1/s1. The highest BCUT2D eigenvalue weighted by Crippen LogP contribution is 2.45. The summed E-state index contributed by atoms with van der Waals surface area (Å²) in [4.78, 5) is 166. The van der Waals surface area contributed by atoms with Gasteiger partial charge in [-0.05, 0) is 118 Å². The Hall–Kier alpha value is -8.04. The van der Waals surface area contributed by atoms with Crippen molar-refractivity contribution < 1.29 is 75.5 Å². The topological polar surface area (TPSA) is 378 Å². The predicted molar refractivity (Wildman–Crippen MR) is 318 cm³/mol. The van der Waals surface area contributed by atoms with Gasteiger partial charge in [0.25, 0.3) is 17.3 Å². The number of aromatic nitrogens is 1. The Kier molecular flexibility index (Phi) is 17.9. The molecule has 1 saturated carbocycles. The third-order valence-electron chi connectivity index (χ3n) is 18.6. The highest BCUT2D eigenvalue weighted by atomic mass is 32.2. The largest absolute Gasteiger partial charge is 0.489 e. The van der Waals surface area contributed by atoms with Crippen molar-refractivity contribution in [1.29, 1.82) is 0 Å². The molecule has 89 heavy (non-hydrogen) atoms. The number of ether oxygens (including phenoxy) is 1. The molecule has 9 N–H and O–H groups in total. The minimum Gasteiger partial charge on any atom is -0.489 e. The second-order valence-electron chi connectivity index (χ2n) is 24.2. The van der Waals surface area contributed by atoms with Crippen molar-refractivity contribution in [3.05, 3.63) is 88.6 Å². The number of carbonyl (C=O) groups excluding carboxylic acids is 10.